The van der Waals surface area contributed by atoms with Crippen molar-refractivity contribution in [1.82, 2.24) is 9.78 Å². The Morgan fingerprint density at radius 1 is 1.37 bits per heavy atom. The van der Waals surface area contributed by atoms with Crippen LogP contribution in [0.15, 0.2) is 34.8 Å². The van der Waals surface area contributed by atoms with Gasteiger partial charge in [0.25, 0.3) is 0 Å². The molecule has 0 saturated heterocycles. The van der Waals surface area contributed by atoms with Crippen molar-refractivity contribution in [2.75, 3.05) is 0 Å². The van der Waals surface area contributed by atoms with E-state index >= 15 is 0 Å². The summed E-state index contributed by atoms with van der Waals surface area (Å²) >= 11 is 3.42. The van der Waals surface area contributed by atoms with Crippen molar-refractivity contribution in [2.45, 2.75) is 13.8 Å². The minimum atomic E-state index is -0.970. The number of hydrogen-bond donors (Lipinski definition) is 1. The molecule has 0 spiro atoms. The molecule has 19 heavy (non-hydrogen) atoms. The van der Waals surface area contributed by atoms with Gasteiger partial charge in [-0.05, 0) is 38.1 Å². The number of aromatic nitrogens is 2. The molecule has 2 aromatic rings. The second kappa shape index (κ2) is 5.40. The van der Waals surface area contributed by atoms with E-state index in [1.165, 1.54) is 0 Å². The fraction of sp³-hybridized carbons (Fsp3) is 0.143. The van der Waals surface area contributed by atoms with Crippen molar-refractivity contribution in [3.63, 3.8) is 0 Å². The number of aryl methyl sites for hydroxylation is 2. The smallest absolute Gasteiger partial charge is 0.328 e. The minimum absolute atomic E-state index is 0.803. The molecule has 0 radical (unpaired) electrons. The molecule has 2 rings (SSSR count). The SMILES string of the molecule is Cc1cc(C)n(-c2cc(Br)ccc2/C=C/C(=O)O)n1. The summed E-state index contributed by atoms with van der Waals surface area (Å²) in [6, 6.07) is 7.62. The molecule has 0 saturated carbocycles. The molecular weight excluding hydrogens is 308 g/mol. The van der Waals surface area contributed by atoms with Crippen molar-refractivity contribution < 1.29 is 9.90 Å². The molecular formula is C14H13BrN2O2. The summed E-state index contributed by atoms with van der Waals surface area (Å²) in [4.78, 5) is 10.6. The van der Waals surface area contributed by atoms with Crippen LogP contribution in [0.5, 0.6) is 0 Å². The molecule has 0 bridgehead atoms. The van der Waals surface area contributed by atoms with E-state index in [1.54, 1.807) is 6.08 Å². The molecule has 0 amide bonds. The van der Waals surface area contributed by atoms with Gasteiger partial charge in [0.2, 0.25) is 0 Å². The zero-order valence-electron chi connectivity index (χ0n) is 10.6. The van der Waals surface area contributed by atoms with Crippen LogP contribution in [0.1, 0.15) is 17.0 Å². The van der Waals surface area contributed by atoms with Gasteiger partial charge in [-0.15, -0.1) is 0 Å². The first-order valence-electron chi connectivity index (χ1n) is 5.71. The normalized spacial score (nSPS) is 11.1. The quantitative estimate of drug-likeness (QED) is 0.882. The highest BCUT2D eigenvalue weighted by atomic mass is 79.9. The maximum absolute atomic E-state index is 10.6. The van der Waals surface area contributed by atoms with Gasteiger partial charge in [-0.2, -0.15) is 5.10 Å². The average Bonchev–Trinajstić information content (AvgIpc) is 2.66. The predicted octanol–water partition coefficient (Wildman–Crippen LogP) is 3.35. The maximum Gasteiger partial charge on any atom is 0.328 e. The van der Waals surface area contributed by atoms with Crippen molar-refractivity contribution in [2.24, 2.45) is 0 Å². The standard InChI is InChI=1S/C14H13BrN2O2/c1-9-7-10(2)17(16-9)13-8-12(15)5-3-11(13)4-6-14(18)19/h3-8H,1-2H3,(H,18,19)/b6-4+. The van der Waals surface area contributed by atoms with Crippen LogP contribution in [0.2, 0.25) is 0 Å². The first-order valence-corrected chi connectivity index (χ1v) is 6.51. The van der Waals surface area contributed by atoms with E-state index in [2.05, 4.69) is 21.0 Å². The van der Waals surface area contributed by atoms with Gasteiger partial charge in [0.1, 0.15) is 0 Å². The number of rotatable bonds is 3. The maximum atomic E-state index is 10.6. The van der Waals surface area contributed by atoms with Gasteiger partial charge in [-0.25, -0.2) is 9.48 Å². The number of nitrogens with zero attached hydrogens (tertiary/aromatic N) is 2. The van der Waals surface area contributed by atoms with Crippen molar-refractivity contribution in [3.05, 3.63) is 51.8 Å². The van der Waals surface area contributed by atoms with Gasteiger partial charge in [0, 0.05) is 21.8 Å². The lowest BCUT2D eigenvalue weighted by Crippen LogP contribution is -2.01. The summed E-state index contributed by atoms with van der Waals surface area (Å²) < 4.78 is 2.73. The van der Waals surface area contributed by atoms with Gasteiger partial charge < -0.3 is 5.11 Å². The van der Waals surface area contributed by atoms with E-state index < -0.39 is 5.97 Å². The van der Waals surface area contributed by atoms with Gasteiger partial charge in [-0.1, -0.05) is 22.0 Å². The Morgan fingerprint density at radius 3 is 2.68 bits per heavy atom. The average molecular weight is 321 g/mol. The summed E-state index contributed by atoms with van der Waals surface area (Å²) in [5.41, 5.74) is 3.57. The molecule has 0 fully saturated rings. The van der Waals surface area contributed by atoms with Crippen molar-refractivity contribution in [1.29, 1.82) is 0 Å². The van der Waals surface area contributed by atoms with Gasteiger partial charge in [-0.3, -0.25) is 0 Å². The molecule has 0 atom stereocenters. The van der Waals surface area contributed by atoms with Crippen LogP contribution < -0.4 is 0 Å². The van der Waals surface area contributed by atoms with Gasteiger partial charge in [0.05, 0.1) is 11.4 Å². The Bertz CT molecular complexity index is 659. The van der Waals surface area contributed by atoms with E-state index in [4.69, 9.17) is 5.11 Å². The number of carbonyl (C=O) groups is 1. The molecule has 1 heterocycles. The molecule has 98 valence electrons. The largest absolute Gasteiger partial charge is 0.478 e. The Hall–Kier alpha value is -1.88. The second-order valence-electron chi connectivity index (χ2n) is 4.21. The lowest BCUT2D eigenvalue weighted by atomic mass is 10.1. The number of aliphatic carboxylic acids is 1. The Labute approximate surface area is 119 Å². The van der Waals surface area contributed by atoms with E-state index in [9.17, 15) is 4.79 Å². The zero-order chi connectivity index (χ0) is 14.0. The Balaban J connectivity index is 2.57. The third-order valence-corrected chi connectivity index (χ3v) is 3.13. The van der Waals surface area contributed by atoms with Gasteiger partial charge in [0.15, 0.2) is 0 Å². The molecule has 0 aliphatic carbocycles. The highest BCUT2D eigenvalue weighted by Gasteiger charge is 2.08. The van der Waals surface area contributed by atoms with Crippen LogP contribution in [-0.4, -0.2) is 20.9 Å². The van der Waals surface area contributed by atoms with Crippen LogP contribution in [0.3, 0.4) is 0 Å². The van der Waals surface area contributed by atoms with E-state index in [-0.39, 0.29) is 0 Å². The van der Waals surface area contributed by atoms with Gasteiger partial charge >= 0.3 is 5.97 Å². The highest BCUT2D eigenvalue weighted by Crippen LogP contribution is 2.23. The summed E-state index contributed by atoms with van der Waals surface area (Å²) in [6.45, 7) is 3.89. The molecule has 1 aromatic carbocycles. The summed E-state index contributed by atoms with van der Waals surface area (Å²) in [7, 11) is 0. The third-order valence-electron chi connectivity index (χ3n) is 2.64. The fourth-order valence-electron chi connectivity index (χ4n) is 1.88. The predicted molar refractivity (Wildman–Crippen MR) is 77.4 cm³/mol. The number of halogens is 1. The number of carboxylic acids is 1. The zero-order valence-corrected chi connectivity index (χ0v) is 12.2. The van der Waals surface area contributed by atoms with E-state index in [1.807, 2.05) is 42.8 Å². The number of benzene rings is 1. The molecule has 4 nitrogen and oxygen atoms in total. The Morgan fingerprint density at radius 2 is 2.11 bits per heavy atom. The monoisotopic (exact) mass is 320 g/mol. The van der Waals surface area contributed by atoms with Crippen molar-refractivity contribution in [3.8, 4) is 5.69 Å². The first kappa shape index (κ1) is 13.5. The van der Waals surface area contributed by atoms with Crippen LogP contribution in [0.25, 0.3) is 11.8 Å². The van der Waals surface area contributed by atoms with E-state index in [0.717, 1.165) is 33.2 Å². The second-order valence-corrected chi connectivity index (χ2v) is 5.13. The number of carboxylic acid groups (broad SMARTS) is 1. The molecule has 0 aliphatic rings. The summed E-state index contributed by atoms with van der Waals surface area (Å²) in [5.74, 6) is -0.970. The topological polar surface area (TPSA) is 55.1 Å². The summed E-state index contributed by atoms with van der Waals surface area (Å²) in [6.07, 6.45) is 2.69. The van der Waals surface area contributed by atoms with Crippen LogP contribution in [0, 0.1) is 13.8 Å². The van der Waals surface area contributed by atoms with E-state index in [0.29, 0.717) is 0 Å². The first-order chi connectivity index (χ1) is 8.97. The molecule has 0 aliphatic heterocycles. The minimum Gasteiger partial charge on any atom is -0.478 e. The molecule has 1 aromatic heterocycles. The fourth-order valence-corrected chi connectivity index (χ4v) is 2.22. The number of hydrogen-bond acceptors (Lipinski definition) is 2. The van der Waals surface area contributed by atoms with Crippen LogP contribution >= 0.6 is 15.9 Å². The van der Waals surface area contributed by atoms with Crippen LogP contribution in [-0.2, 0) is 4.79 Å². The molecule has 0 unspecified atom stereocenters. The molecule has 1 N–H and O–H groups in total. The lowest BCUT2D eigenvalue weighted by Gasteiger charge is -2.09. The highest BCUT2D eigenvalue weighted by molar-refractivity contribution is 9.10. The lowest BCUT2D eigenvalue weighted by molar-refractivity contribution is -0.131. The summed E-state index contributed by atoms with van der Waals surface area (Å²) in [5, 5.41) is 13.2. The molecule has 5 heteroatoms. The van der Waals surface area contributed by atoms with Crippen molar-refractivity contribution >= 4 is 28.0 Å². The van der Waals surface area contributed by atoms with Crippen LogP contribution in [0.4, 0.5) is 0 Å². The Kier molecular flexibility index (Phi) is 3.85. The third kappa shape index (κ3) is 3.12.